The monoisotopic (exact) mass is 1220 g/mol. The second-order valence-corrected chi connectivity index (χ2v) is 20.3. The Morgan fingerprint density at radius 2 is 1.13 bits per heavy atom. The van der Waals surface area contributed by atoms with E-state index in [0.29, 0.717) is 6.42 Å². The Labute approximate surface area is 490 Å². The maximum Gasteiger partial charge on any atom is 0.335 e. The SMILES string of the molecule is C/C=C1/NC(=O)C(C(C)O)NC(=O)C(CCN)NC(=O)C(CCCCN)NC(=O)C(CC(=O)O)NC(=O)C(CCN)NC(=O)C(NC(=O)CC(O)C(O)CCCCCCCCCC)COC(=O)C(C(O)CCl)NC(=O)C(C(O)C(=O)O)NC1=O. The van der Waals surface area contributed by atoms with Crippen molar-refractivity contribution < 1.29 is 98.0 Å². The number of aliphatic hydroxyl groups is 5. The van der Waals surface area contributed by atoms with Crippen molar-refractivity contribution in [2.75, 3.05) is 32.1 Å². The number of ether oxygens (including phenoxy) is 1. The number of aliphatic hydroxyl groups excluding tert-OH is 5. The van der Waals surface area contributed by atoms with E-state index >= 15 is 0 Å². The highest BCUT2D eigenvalue weighted by Gasteiger charge is 2.41. The third-order valence-electron chi connectivity index (χ3n) is 13.1. The number of carbonyl (C=O) groups excluding carboxylic acids is 10. The normalized spacial score (nSPS) is 24.8. The Balaban J connectivity index is 4.04. The number of halogens is 1. The van der Waals surface area contributed by atoms with Gasteiger partial charge in [-0.1, -0.05) is 64.4 Å². The van der Waals surface area contributed by atoms with Crippen LogP contribution in [-0.2, 0) is 62.3 Å². The molecule has 32 nitrogen and oxygen atoms in total. The zero-order chi connectivity index (χ0) is 63.6. The number of alkyl halides is 1. The van der Waals surface area contributed by atoms with Gasteiger partial charge in [-0.15, -0.1) is 11.6 Å². The highest BCUT2D eigenvalue weighted by Crippen LogP contribution is 2.15. The van der Waals surface area contributed by atoms with Gasteiger partial charge in [0.25, 0.3) is 5.91 Å². The Morgan fingerprint density at radius 1 is 0.619 bits per heavy atom. The molecule has 0 spiro atoms. The Kier molecular flexibility index (Phi) is 36.4. The number of unbranched alkanes of at least 4 members (excludes halogenated alkanes) is 8. The van der Waals surface area contributed by atoms with Crippen molar-refractivity contribution in [3.8, 4) is 0 Å². The lowest BCUT2D eigenvalue weighted by Crippen LogP contribution is -2.62. The molecule has 1 rings (SSSR count). The van der Waals surface area contributed by atoms with Crippen molar-refractivity contribution in [3.05, 3.63) is 11.8 Å². The third-order valence-corrected chi connectivity index (χ3v) is 13.4. The molecule has 0 aliphatic carbocycles. The van der Waals surface area contributed by atoms with E-state index < -0.39 is 194 Å². The average molecular weight is 1220 g/mol. The molecular weight excluding hydrogens is 1140 g/mol. The third kappa shape index (κ3) is 27.4. The van der Waals surface area contributed by atoms with Gasteiger partial charge in [-0.3, -0.25) is 47.9 Å². The van der Waals surface area contributed by atoms with Gasteiger partial charge in [0.2, 0.25) is 47.3 Å². The van der Waals surface area contributed by atoms with Gasteiger partial charge in [-0.2, -0.15) is 0 Å². The summed E-state index contributed by atoms with van der Waals surface area (Å²) in [4.78, 5) is 163. The van der Waals surface area contributed by atoms with E-state index in [1.54, 1.807) is 0 Å². The largest absolute Gasteiger partial charge is 0.481 e. The van der Waals surface area contributed by atoms with Crippen molar-refractivity contribution in [3.63, 3.8) is 0 Å². The van der Waals surface area contributed by atoms with Crippen molar-refractivity contribution in [2.45, 2.75) is 202 Å². The first-order valence-corrected chi connectivity index (χ1v) is 28.3. The highest BCUT2D eigenvalue weighted by molar-refractivity contribution is 6.18. The van der Waals surface area contributed by atoms with Gasteiger partial charge >= 0.3 is 17.9 Å². The van der Waals surface area contributed by atoms with Gasteiger partial charge < -0.3 is 106 Å². The summed E-state index contributed by atoms with van der Waals surface area (Å²) in [7, 11) is 0. The van der Waals surface area contributed by atoms with Crippen LogP contribution < -0.4 is 65.1 Å². The molecule has 13 atom stereocenters. The molecule has 13 unspecified atom stereocenters. The minimum Gasteiger partial charge on any atom is -0.481 e. The molecule has 1 fully saturated rings. The molecule has 1 saturated heterocycles. The molecule has 0 saturated carbocycles. The maximum absolute atomic E-state index is 14.2. The zero-order valence-electron chi connectivity index (χ0n) is 47.5. The first-order valence-electron chi connectivity index (χ1n) is 27.8. The first-order chi connectivity index (χ1) is 39.7. The van der Waals surface area contributed by atoms with Crippen LogP contribution in [0.3, 0.4) is 0 Å². The van der Waals surface area contributed by atoms with E-state index in [2.05, 4.69) is 44.1 Å². The first kappa shape index (κ1) is 75.4. The lowest BCUT2D eigenvalue weighted by Gasteiger charge is -2.28. The predicted octanol–water partition coefficient (Wildman–Crippen LogP) is -6.19. The molecule has 0 aromatic heterocycles. The summed E-state index contributed by atoms with van der Waals surface area (Å²) in [5, 5.41) is 92.6. The standard InChI is InChI=1S/C51H87ClN12O20/c1-4-6-7-8-9-10-11-12-16-33(66)34(67)23-36(69)56-32-25-84-51(83)39(35(68)24-52)63-49(80)40(41(72)50(81)82)64-42(73)27(5-2)57-48(79)38(26(3)65)62-45(76)30(18-21-55)59-43(74)28(15-13-14-19-53)58-46(77)31(22-37(70)71)61-44(75)29(17-20-54)60-47(32)78/h5,26,28-35,38-41,65-68,72H,4,6-25,53-55H2,1-3H3,(H,56,69)(H,57,79)(H,58,77)(H,59,74)(H,60,78)(H,61,75)(H,62,76)(H,63,80)(H,64,73)(H,70,71)(H,81,82)/b27-5+. The van der Waals surface area contributed by atoms with Crippen LogP contribution in [0.5, 0.6) is 0 Å². The van der Waals surface area contributed by atoms with Crippen LogP contribution >= 0.6 is 11.6 Å². The molecule has 22 N–H and O–H groups in total. The van der Waals surface area contributed by atoms with Crippen molar-refractivity contribution in [1.82, 2.24) is 47.9 Å². The molecule has 84 heavy (non-hydrogen) atoms. The summed E-state index contributed by atoms with van der Waals surface area (Å²) in [5.74, 6) is -18.2. The van der Waals surface area contributed by atoms with Crippen LogP contribution in [-0.4, -0.2) is 218 Å². The van der Waals surface area contributed by atoms with Gasteiger partial charge in [0.1, 0.15) is 54.6 Å². The number of aliphatic carboxylic acids is 2. The minimum atomic E-state index is -2.85. The van der Waals surface area contributed by atoms with Crippen LogP contribution in [0.1, 0.15) is 124 Å². The number of amides is 9. The molecular formula is C51H87ClN12O20. The molecule has 9 amide bonds. The van der Waals surface area contributed by atoms with E-state index in [-0.39, 0.29) is 45.2 Å². The summed E-state index contributed by atoms with van der Waals surface area (Å²) >= 11 is 5.85. The number of hydrogen-bond acceptors (Lipinski definition) is 21. The van der Waals surface area contributed by atoms with Crippen LogP contribution in [0.2, 0.25) is 0 Å². The smallest absolute Gasteiger partial charge is 0.335 e. The number of allylic oxidation sites excluding steroid dienone is 1. The number of carboxylic acid groups (broad SMARTS) is 2. The lowest BCUT2D eigenvalue weighted by molar-refractivity contribution is -0.155. The van der Waals surface area contributed by atoms with E-state index in [0.717, 1.165) is 64.9 Å². The number of nitrogens with one attached hydrogen (secondary N) is 9. The van der Waals surface area contributed by atoms with Crippen LogP contribution in [0.15, 0.2) is 11.8 Å². The number of carbonyl (C=O) groups is 12. The van der Waals surface area contributed by atoms with Crippen LogP contribution in [0, 0.1) is 0 Å². The van der Waals surface area contributed by atoms with E-state index in [9.17, 15) is 93.3 Å². The molecule has 1 aliphatic heterocycles. The van der Waals surface area contributed by atoms with Crippen molar-refractivity contribution >= 4 is 82.7 Å². The summed E-state index contributed by atoms with van der Waals surface area (Å²) < 4.78 is 5.24. The molecule has 0 radical (unpaired) electrons. The van der Waals surface area contributed by atoms with E-state index in [4.69, 9.17) is 33.5 Å². The second kappa shape index (κ2) is 40.6. The number of hydrogen-bond donors (Lipinski definition) is 19. The number of carboxylic acids is 2. The average Bonchev–Trinajstić information content (AvgIpc) is 3.64. The number of esters is 1. The van der Waals surface area contributed by atoms with Crippen molar-refractivity contribution in [2.24, 2.45) is 17.2 Å². The van der Waals surface area contributed by atoms with Gasteiger partial charge in [0.05, 0.1) is 43.1 Å². The molecule has 1 aliphatic rings. The Morgan fingerprint density at radius 3 is 1.64 bits per heavy atom. The van der Waals surface area contributed by atoms with Gasteiger partial charge in [0, 0.05) is 0 Å². The van der Waals surface area contributed by atoms with Crippen molar-refractivity contribution in [1.29, 1.82) is 0 Å². The van der Waals surface area contributed by atoms with E-state index in [1.165, 1.54) is 0 Å². The Bertz CT molecular complexity index is 2230. The van der Waals surface area contributed by atoms with Crippen LogP contribution in [0.25, 0.3) is 0 Å². The molecule has 0 aromatic rings. The van der Waals surface area contributed by atoms with Gasteiger partial charge in [-0.05, 0) is 72.0 Å². The fourth-order valence-corrected chi connectivity index (χ4v) is 8.40. The van der Waals surface area contributed by atoms with Gasteiger partial charge in [-0.25, -0.2) is 9.59 Å². The number of cyclic esters (lactones) is 1. The summed E-state index contributed by atoms with van der Waals surface area (Å²) in [6, 6.07) is -16.1. The molecule has 478 valence electrons. The lowest BCUT2D eigenvalue weighted by atomic mass is 10.0. The Hall–Kier alpha value is -6.65. The zero-order valence-corrected chi connectivity index (χ0v) is 48.2. The topological polar surface area (TPSA) is 542 Å². The molecule has 0 bridgehead atoms. The quantitative estimate of drug-likeness (QED) is 0.0150. The molecule has 0 aromatic carbocycles. The maximum atomic E-state index is 14.2. The number of nitrogens with two attached hydrogens (primary N) is 3. The second-order valence-electron chi connectivity index (χ2n) is 20.0. The fraction of sp³-hybridized carbons (Fsp3) is 0.725. The van der Waals surface area contributed by atoms with E-state index in [1.807, 2.05) is 10.6 Å². The van der Waals surface area contributed by atoms with Gasteiger partial charge in [0.15, 0.2) is 12.1 Å². The minimum absolute atomic E-state index is 0.0826. The fourth-order valence-electron chi connectivity index (χ4n) is 8.23. The summed E-state index contributed by atoms with van der Waals surface area (Å²) in [6.07, 6.45) is -4.17. The predicted molar refractivity (Wildman–Crippen MR) is 297 cm³/mol. The molecule has 33 heteroatoms. The summed E-state index contributed by atoms with van der Waals surface area (Å²) in [6.45, 7) is 2.45. The number of rotatable bonds is 28. The highest BCUT2D eigenvalue weighted by atomic mass is 35.5. The summed E-state index contributed by atoms with van der Waals surface area (Å²) in [5.41, 5.74) is 16.4. The van der Waals surface area contributed by atoms with Crippen LogP contribution in [0.4, 0.5) is 0 Å². The molecule has 1 heterocycles.